The Morgan fingerprint density at radius 3 is 2.46 bits per heavy atom. The van der Waals surface area contributed by atoms with Crippen LogP contribution in [0.2, 0.25) is 10.0 Å². The lowest BCUT2D eigenvalue weighted by molar-refractivity contribution is 0.102. The van der Waals surface area contributed by atoms with E-state index in [2.05, 4.69) is 15.3 Å². The molecule has 0 aliphatic heterocycles. The minimum Gasteiger partial charge on any atom is -0.338 e. The van der Waals surface area contributed by atoms with Gasteiger partial charge in [-0.25, -0.2) is 4.98 Å². The molecule has 0 saturated heterocycles. The molecule has 0 unspecified atom stereocenters. The second-order valence-electron chi connectivity index (χ2n) is 5.79. The molecule has 4 aromatic rings. The van der Waals surface area contributed by atoms with Gasteiger partial charge in [-0.3, -0.25) is 4.79 Å². The number of benzene rings is 3. The van der Waals surface area contributed by atoms with E-state index in [-0.39, 0.29) is 5.91 Å². The third kappa shape index (κ3) is 3.43. The lowest BCUT2D eigenvalue weighted by Crippen LogP contribution is -2.11. The maximum absolute atomic E-state index is 12.5. The SMILES string of the molecule is O=C(Nc1cccc(Cl)c1)c1ccc2nc(-c3cccc(Cl)c3)[nH]c2c1. The summed E-state index contributed by atoms with van der Waals surface area (Å²) in [5.74, 6) is 0.489. The number of carbonyl (C=O) groups excluding carboxylic acids is 1. The molecule has 0 spiro atoms. The Morgan fingerprint density at radius 2 is 1.69 bits per heavy atom. The number of rotatable bonds is 3. The summed E-state index contributed by atoms with van der Waals surface area (Å²) in [4.78, 5) is 20.3. The van der Waals surface area contributed by atoms with Crippen LogP contribution in [0.1, 0.15) is 10.4 Å². The number of nitrogens with one attached hydrogen (secondary N) is 2. The highest BCUT2D eigenvalue weighted by atomic mass is 35.5. The molecule has 0 bridgehead atoms. The van der Waals surface area contributed by atoms with E-state index in [1.54, 1.807) is 36.4 Å². The van der Waals surface area contributed by atoms with Crippen molar-refractivity contribution in [3.63, 3.8) is 0 Å². The molecule has 128 valence electrons. The second kappa shape index (κ2) is 6.83. The van der Waals surface area contributed by atoms with Crippen LogP contribution < -0.4 is 5.32 Å². The first kappa shape index (κ1) is 16.6. The van der Waals surface area contributed by atoms with Crippen molar-refractivity contribution in [2.75, 3.05) is 5.32 Å². The van der Waals surface area contributed by atoms with Crippen LogP contribution >= 0.6 is 23.2 Å². The number of halogens is 2. The van der Waals surface area contributed by atoms with Gasteiger partial charge in [0, 0.05) is 26.9 Å². The number of imidazole rings is 1. The fourth-order valence-electron chi connectivity index (χ4n) is 2.69. The van der Waals surface area contributed by atoms with Crippen molar-refractivity contribution >= 4 is 45.8 Å². The van der Waals surface area contributed by atoms with Gasteiger partial charge in [0.25, 0.3) is 5.91 Å². The maximum Gasteiger partial charge on any atom is 0.255 e. The number of H-pyrrole nitrogens is 1. The zero-order chi connectivity index (χ0) is 18.1. The zero-order valence-electron chi connectivity index (χ0n) is 13.5. The Labute approximate surface area is 159 Å². The van der Waals surface area contributed by atoms with Gasteiger partial charge in [0.1, 0.15) is 5.82 Å². The van der Waals surface area contributed by atoms with E-state index < -0.39 is 0 Å². The normalized spacial score (nSPS) is 10.8. The number of aromatic nitrogens is 2. The van der Waals surface area contributed by atoms with Gasteiger partial charge in [-0.2, -0.15) is 0 Å². The number of anilines is 1. The van der Waals surface area contributed by atoms with Crippen LogP contribution in [-0.2, 0) is 0 Å². The highest BCUT2D eigenvalue weighted by Crippen LogP contribution is 2.24. The smallest absolute Gasteiger partial charge is 0.255 e. The minimum atomic E-state index is -0.215. The van der Waals surface area contributed by atoms with Gasteiger partial charge >= 0.3 is 0 Å². The Morgan fingerprint density at radius 1 is 0.923 bits per heavy atom. The number of carbonyl (C=O) groups is 1. The van der Waals surface area contributed by atoms with Crippen LogP contribution in [0.25, 0.3) is 22.4 Å². The van der Waals surface area contributed by atoms with Crippen molar-refractivity contribution in [1.29, 1.82) is 0 Å². The molecular formula is C20H13Cl2N3O. The van der Waals surface area contributed by atoms with Crippen LogP contribution in [0.15, 0.2) is 66.7 Å². The van der Waals surface area contributed by atoms with E-state index in [1.807, 2.05) is 30.3 Å². The lowest BCUT2D eigenvalue weighted by Gasteiger charge is -2.05. The van der Waals surface area contributed by atoms with Gasteiger partial charge in [-0.05, 0) is 48.5 Å². The Balaban J connectivity index is 1.64. The number of hydrogen-bond donors (Lipinski definition) is 2. The number of hydrogen-bond acceptors (Lipinski definition) is 2. The molecule has 0 aliphatic rings. The summed E-state index contributed by atoms with van der Waals surface area (Å²) in [6.07, 6.45) is 0. The fraction of sp³-hybridized carbons (Fsp3) is 0. The summed E-state index contributed by atoms with van der Waals surface area (Å²) in [6.45, 7) is 0. The average Bonchev–Trinajstić information content (AvgIpc) is 3.05. The number of amides is 1. The van der Waals surface area contributed by atoms with E-state index in [4.69, 9.17) is 23.2 Å². The number of aromatic amines is 1. The van der Waals surface area contributed by atoms with Crippen molar-refractivity contribution in [2.45, 2.75) is 0 Å². The van der Waals surface area contributed by atoms with Gasteiger partial charge < -0.3 is 10.3 Å². The minimum absolute atomic E-state index is 0.215. The summed E-state index contributed by atoms with van der Waals surface area (Å²) in [5, 5.41) is 4.05. The molecule has 0 aliphatic carbocycles. The molecule has 0 atom stereocenters. The molecule has 26 heavy (non-hydrogen) atoms. The molecule has 0 radical (unpaired) electrons. The molecule has 6 heteroatoms. The molecule has 0 fully saturated rings. The second-order valence-corrected chi connectivity index (χ2v) is 6.67. The standard InChI is InChI=1S/C20H13Cl2N3O/c21-14-4-1-3-12(9-14)19-24-17-8-7-13(10-18(17)25-19)20(26)23-16-6-2-5-15(22)11-16/h1-11H,(H,23,26)(H,24,25). The highest BCUT2D eigenvalue weighted by Gasteiger charge is 2.11. The Bertz CT molecular complexity index is 1120. The predicted octanol–water partition coefficient (Wildman–Crippen LogP) is 5.79. The lowest BCUT2D eigenvalue weighted by atomic mass is 10.2. The summed E-state index contributed by atoms with van der Waals surface area (Å²) < 4.78 is 0. The molecule has 0 saturated carbocycles. The van der Waals surface area contributed by atoms with E-state index in [9.17, 15) is 4.79 Å². The van der Waals surface area contributed by atoms with Gasteiger partial charge in [-0.1, -0.05) is 41.4 Å². The van der Waals surface area contributed by atoms with Gasteiger partial charge in [0.05, 0.1) is 11.0 Å². The molecule has 2 N–H and O–H groups in total. The molecule has 4 nitrogen and oxygen atoms in total. The van der Waals surface area contributed by atoms with Gasteiger partial charge in [0.2, 0.25) is 0 Å². The van der Waals surface area contributed by atoms with Crippen LogP contribution in [0.5, 0.6) is 0 Å². The fourth-order valence-corrected chi connectivity index (χ4v) is 3.07. The highest BCUT2D eigenvalue weighted by molar-refractivity contribution is 6.31. The molecule has 4 rings (SSSR count). The van der Waals surface area contributed by atoms with E-state index in [1.165, 1.54) is 0 Å². The van der Waals surface area contributed by atoms with Crippen LogP contribution in [-0.4, -0.2) is 15.9 Å². The summed E-state index contributed by atoms with van der Waals surface area (Å²) in [6, 6.07) is 19.8. The zero-order valence-corrected chi connectivity index (χ0v) is 15.0. The van der Waals surface area contributed by atoms with Crippen molar-refractivity contribution < 1.29 is 4.79 Å². The van der Waals surface area contributed by atoms with Crippen molar-refractivity contribution in [2.24, 2.45) is 0 Å². The predicted molar refractivity (Wildman–Crippen MR) is 106 cm³/mol. The molecule has 1 amide bonds. The van der Waals surface area contributed by atoms with Crippen LogP contribution in [0, 0.1) is 0 Å². The van der Waals surface area contributed by atoms with E-state index >= 15 is 0 Å². The first-order valence-corrected chi connectivity index (χ1v) is 8.67. The third-order valence-electron chi connectivity index (χ3n) is 3.92. The first-order chi connectivity index (χ1) is 12.6. The summed E-state index contributed by atoms with van der Waals surface area (Å²) >= 11 is 12.0. The van der Waals surface area contributed by atoms with Crippen LogP contribution in [0.3, 0.4) is 0 Å². The Hall–Kier alpha value is -2.82. The first-order valence-electron chi connectivity index (χ1n) is 7.91. The van der Waals surface area contributed by atoms with Crippen LogP contribution in [0.4, 0.5) is 5.69 Å². The van der Waals surface area contributed by atoms with Gasteiger partial charge in [-0.15, -0.1) is 0 Å². The molecular weight excluding hydrogens is 369 g/mol. The largest absolute Gasteiger partial charge is 0.338 e. The maximum atomic E-state index is 12.5. The van der Waals surface area contributed by atoms with Crippen molar-refractivity contribution in [3.05, 3.63) is 82.3 Å². The summed E-state index contributed by atoms with van der Waals surface area (Å²) in [7, 11) is 0. The average molecular weight is 382 g/mol. The monoisotopic (exact) mass is 381 g/mol. The number of fused-ring (bicyclic) bond motifs is 1. The molecule has 3 aromatic carbocycles. The van der Waals surface area contributed by atoms with Gasteiger partial charge in [0.15, 0.2) is 0 Å². The van der Waals surface area contributed by atoms with E-state index in [0.717, 1.165) is 16.6 Å². The topological polar surface area (TPSA) is 57.8 Å². The van der Waals surface area contributed by atoms with Crippen molar-refractivity contribution in [1.82, 2.24) is 9.97 Å². The Kier molecular flexibility index (Phi) is 4.37. The van der Waals surface area contributed by atoms with Crippen molar-refractivity contribution in [3.8, 4) is 11.4 Å². The van der Waals surface area contributed by atoms with E-state index in [0.29, 0.717) is 27.1 Å². The quantitative estimate of drug-likeness (QED) is 0.471. The molecule has 1 heterocycles. The molecule has 1 aromatic heterocycles. The third-order valence-corrected chi connectivity index (χ3v) is 4.39. The summed E-state index contributed by atoms with van der Waals surface area (Å²) in [5.41, 5.74) is 3.61. The number of nitrogens with zero attached hydrogens (tertiary/aromatic N) is 1.